The first-order chi connectivity index (χ1) is 12.3. The molecular formula is C23H34O3. The zero-order chi connectivity index (χ0) is 18.7. The molecular weight excluding hydrogens is 324 g/mol. The van der Waals surface area contributed by atoms with E-state index in [2.05, 4.69) is 20.8 Å². The minimum atomic E-state index is -0.0437. The molecule has 144 valence electrons. The molecule has 0 saturated heterocycles. The molecule has 26 heavy (non-hydrogen) atoms. The summed E-state index contributed by atoms with van der Waals surface area (Å²) in [7, 11) is 0. The van der Waals surface area contributed by atoms with E-state index in [4.69, 9.17) is 4.74 Å². The lowest BCUT2D eigenvalue weighted by Crippen LogP contribution is -2.52. The van der Waals surface area contributed by atoms with E-state index in [0.29, 0.717) is 35.9 Å². The SMILES string of the molecule is CCC(=O)O[C@H]1CC(C)[C@H]2[C@@H]3CCC4=CC(=O)CC[C@]4(C)[C@H]3CC[C@]12C. The molecule has 0 aromatic rings. The number of hydrogen-bond acceptors (Lipinski definition) is 3. The highest BCUT2D eigenvalue weighted by Gasteiger charge is 2.62. The molecule has 3 nitrogen and oxygen atoms in total. The van der Waals surface area contributed by atoms with Gasteiger partial charge in [0.2, 0.25) is 0 Å². The standard InChI is InChI=1S/C23H34O3/c1-5-20(25)26-19-12-14(2)21-17-7-6-15-13-16(24)8-10-22(15,3)18(17)9-11-23(19,21)4/h13-14,17-19,21H,5-12H2,1-4H3/t14?,17-,18+,19+,21+,22+,23-/m1/s1. The number of rotatable bonds is 2. The zero-order valence-electron chi connectivity index (χ0n) is 16.8. The van der Waals surface area contributed by atoms with Crippen LogP contribution in [0.2, 0.25) is 0 Å². The van der Waals surface area contributed by atoms with Crippen LogP contribution in [-0.4, -0.2) is 17.9 Å². The normalized spacial score (nSPS) is 47.5. The van der Waals surface area contributed by atoms with E-state index in [0.717, 1.165) is 32.1 Å². The third-order valence-corrected chi connectivity index (χ3v) is 8.76. The van der Waals surface area contributed by atoms with Crippen LogP contribution in [-0.2, 0) is 14.3 Å². The Labute approximate surface area is 157 Å². The number of ketones is 1. The highest BCUT2D eigenvalue weighted by molar-refractivity contribution is 5.91. The molecule has 1 unspecified atom stereocenters. The topological polar surface area (TPSA) is 43.4 Å². The largest absolute Gasteiger partial charge is 0.462 e. The van der Waals surface area contributed by atoms with Crippen molar-refractivity contribution in [3.05, 3.63) is 11.6 Å². The monoisotopic (exact) mass is 358 g/mol. The summed E-state index contributed by atoms with van der Waals surface area (Å²) in [6.07, 6.45) is 9.98. The Kier molecular flexibility index (Phi) is 4.36. The Morgan fingerprint density at radius 2 is 2.00 bits per heavy atom. The quantitative estimate of drug-likeness (QED) is 0.646. The maximum Gasteiger partial charge on any atom is 0.305 e. The van der Waals surface area contributed by atoms with Crippen LogP contribution < -0.4 is 0 Å². The molecule has 0 amide bonds. The van der Waals surface area contributed by atoms with Crippen molar-refractivity contribution in [1.82, 2.24) is 0 Å². The van der Waals surface area contributed by atoms with E-state index in [-0.39, 0.29) is 22.9 Å². The van der Waals surface area contributed by atoms with E-state index >= 15 is 0 Å². The van der Waals surface area contributed by atoms with Crippen molar-refractivity contribution in [2.24, 2.45) is 34.5 Å². The Balaban J connectivity index is 1.63. The van der Waals surface area contributed by atoms with E-state index in [1.54, 1.807) is 0 Å². The second-order valence-electron chi connectivity index (χ2n) is 9.98. The first-order valence-electron chi connectivity index (χ1n) is 10.7. The van der Waals surface area contributed by atoms with Crippen molar-refractivity contribution in [2.75, 3.05) is 0 Å². The summed E-state index contributed by atoms with van der Waals surface area (Å²) in [6.45, 7) is 9.09. The fourth-order valence-electron chi connectivity index (χ4n) is 7.46. The molecule has 0 N–H and O–H groups in total. The summed E-state index contributed by atoms with van der Waals surface area (Å²) < 4.78 is 5.93. The fourth-order valence-corrected chi connectivity index (χ4v) is 7.46. The highest BCUT2D eigenvalue weighted by Crippen LogP contribution is 2.66. The average Bonchev–Trinajstić information content (AvgIpc) is 2.86. The highest BCUT2D eigenvalue weighted by atomic mass is 16.5. The lowest BCUT2D eigenvalue weighted by atomic mass is 9.46. The molecule has 3 heteroatoms. The Bertz CT molecular complexity index is 650. The molecule has 0 aromatic carbocycles. The fraction of sp³-hybridized carbons (Fsp3) is 0.826. The van der Waals surface area contributed by atoms with Crippen molar-refractivity contribution >= 4 is 11.8 Å². The van der Waals surface area contributed by atoms with Gasteiger partial charge in [-0.15, -0.1) is 0 Å². The summed E-state index contributed by atoms with van der Waals surface area (Å²) in [5.74, 6) is 2.95. The third-order valence-electron chi connectivity index (χ3n) is 8.76. The Morgan fingerprint density at radius 1 is 1.23 bits per heavy atom. The minimum absolute atomic E-state index is 0.0437. The summed E-state index contributed by atoms with van der Waals surface area (Å²) in [4.78, 5) is 23.9. The van der Waals surface area contributed by atoms with E-state index in [1.165, 1.54) is 18.4 Å². The molecule has 3 fully saturated rings. The Morgan fingerprint density at radius 3 is 2.73 bits per heavy atom. The smallest absolute Gasteiger partial charge is 0.305 e. The van der Waals surface area contributed by atoms with Crippen LogP contribution in [0.25, 0.3) is 0 Å². The van der Waals surface area contributed by atoms with E-state index in [1.807, 2.05) is 13.0 Å². The van der Waals surface area contributed by atoms with Crippen molar-refractivity contribution in [3.63, 3.8) is 0 Å². The van der Waals surface area contributed by atoms with Crippen LogP contribution in [0, 0.1) is 34.5 Å². The van der Waals surface area contributed by atoms with Gasteiger partial charge in [-0.05, 0) is 73.7 Å². The van der Waals surface area contributed by atoms with Crippen LogP contribution in [0.15, 0.2) is 11.6 Å². The predicted octanol–water partition coefficient (Wildman–Crippen LogP) is 5.09. The van der Waals surface area contributed by atoms with Crippen LogP contribution in [0.5, 0.6) is 0 Å². The van der Waals surface area contributed by atoms with Crippen molar-refractivity contribution < 1.29 is 14.3 Å². The number of carbonyl (C=O) groups is 2. The van der Waals surface area contributed by atoms with Crippen LogP contribution >= 0.6 is 0 Å². The van der Waals surface area contributed by atoms with Gasteiger partial charge in [0.15, 0.2) is 5.78 Å². The third kappa shape index (κ3) is 2.52. The number of allylic oxidation sites excluding steroid dienone is 1. The maximum atomic E-state index is 12.0. The molecule has 4 aliphatic rings. The van der Waals surface area contributed by atoms with Crippen molar-refractivity contribution in [1.29, 1.82) is 0 Å². The second-order valence-corrected chi connectivity index (χ2v) is 9.98. The molecule has 0 aliphatic heterocycles. The van der Waals surface area contributed by atoms with Gasteiger partial charge in [0.1, 0.15) is 6.10 Å². The van der Waals surface area contributed by atoms with Gasteiger partial charge in [0.05, 0.1) is 0 Å². The molecule has 0 heterocycles. The van der Waals surface area contributed by atoms with Gasteiger partial charge in [-0.25, -0.2) is 0 Å². The van der Waals surface area contributed by atoms with Gasteiger partial charge in [0.25, 0.3) is 0 Å². The summed E-state index contributed by atoms with van der Waals surface area (Å²) in [5.41, 5.74) is 1.78. The molecule has 0 aromatic heterocycles. The number of ether oxygens (including phenoxy) is 1. The predicted molar refractivity (Wildman–Crippen MR) is 101 cm³/mol. The van der Waals surface area contributed by atoms with Crippen LogP contribution in [0.3, 0.4) is 0 Å². The van der Waals surface area contributed by atoms with Gasteiger partial charge in [-0.1, -0.05) is 33.3 Å². The zero-order valence-corrected chi connectivity index (χ0v) is 16.8. The van der Waals surface area contributed by atoms with Crippen LogP contribution in [0.4, 0.5) is 0 Å². The van der Waals surface area contributed by atoms with Crippen LogP contribution in [0.1, 0.15) is 79.1 Å². The number of carbonyl (C=O) groups excluding carboxylic acids is 2. The summed E-state index contributed by atoms with van der Waals surface area (Å²) in [5, 5.41) is 0. The molecule has 4 aliphatic carbocycles. The first-order valence-corrected chi connectivity index (χ1v) is 10.7. The average molecular weight is 359 g/mol. The molecule has 0 spiro atoms. The molecule has 4 rings (SSSR count). The minimum Gasteiger partial charge on any atom is -0.462 e. The molecule has 7 atom stereocenters. The van der Waals surface area contributed by atoms with Gasteiger partial charge in [-0.3, -0.25) is 9.59 Å². The second kappa shape index (κ2) is 6.21. The first kappa shape index (κ1) is 18.3. The number of hydrogen-bond donors (Lipinski definition) is 0. The number of fused-ring (bicyclic) bond motifs is 5. The van der Waals surface area contributed by atoms with Crippen molar-refractivity contribution in [2.45, 2.75) is 85.2 Å². The molecule has 0 bridgehead atoms. The Hall–Kier alpha value is -1.12. The lowest BCUT2D eigenvalue weighted by Gasteiger charge is -2.58. The van der Waals surface area contributed by atoms with Gasteiger partial charge < -0.3 is 4.74 Å². The maximum absolute atomic E-state index is 12.0. The lowest BCUT2D eigenvalue weighted by molar-refractivity contribution is -0.159. The molecule has 3 saturated carbocycles. The van der Waals surface area contributed by atoms with Crippen molar-refractivity contribution in [3.8, 4) is 0 Å². The number of esters is 1. The van der Waals surface area contributed by atoms with Gasteiger partial charge in [0, 0.05) is 18.3 Å². The van der Waals surface area contributed by atoms with E-state index < -0.39 is 0 Å². The van der Waals surface area contributed by atoms with Gasteiger partial charge >= 0.3 is 5.97 Å². The summed E-state index contributed by atoms with van der Waals surface area (Å²) >= 11 is 0. The molecule has 0 radical (unpaired) electrons. The van der Waals surface area contributed by atoms with Gasteiger partial charge in [-0.2, -0.15) is 0 Å². The van der Waals surface area contributed by atoms with E-state index in [9.17, 15) is 9.59 Å². The summed E-state index contributed by atoms with van der Waals surface area (Å²) in [6, 6.07) is 0.